The van der Waals surface area contributed by atoms with E-state index in [4.69, 9.17) is 5.73 Å². The van der Waals surface area contributed by atoms with E-state index in [1.165, 1.54) is 6.07 Å². The van der Waals surface area contributed by atoms with Crippen molar-refractivity contribution in [3.8, 4) is 16.9 Å². The fourth-order valence-corrected chi connectivity index (χ4v) is 1.95. The zero-order valence-electron chi connectivity index (χ0n) is 10.9. The molecule has 0 heterocycles. The van der Waals surface area contributed by atoms with Gasteiger partial charge in [0.05, 0.1) is 0 Å². The van der Waals surface area contributed by atoms with Crippen molar-refractivity contribution < 1.29 is 17.9 Å². The van der Waals surface area contributed by atoms with Gasteiger partial charge in [0.1, 0.15) is 5.75 Å². The first kappa shape index (κ1) is 14.2. The highest BCUT2D eigenvalue weighted by atomic mass is 19.4. The van der Waals surface area contributed by atoms with E-state index >= 15 is 0 Å². The number of rotatable bonds is 3. The molecule has 0 unspecified atom stereocenters. The number of nitrogens with two attached hydrogens (primary N) is 1. The number of nitrogen functional groups attached to an aromatic ring is 1. The predicted molar refractivity (Wildman–Crippen MR) is 72.4 cm³/mol. The second-order valence-corrected chi connectivity index (χ2v) is 4.39. The monoisotopic (exact) mass is 281 g/mol. The molecule has 0 aromatic heterocycles. The molecule has 0 amide bonds. The lowest BCUT2D eigenvalue weighted by atomic mass is 10.0. The number of hydrogen-bond donors (Lipinski definition) is 1. The summed E-state index contributed by atoms with van der Waals surface area (Å²) in [6, 6.07) is 11.7. The van der Waals surface area contributed by atoms with Crippen molar-refractivity contribution in [2.45, 2.75) is 19.7 Å². The van der Waals surface area contributed by atoms with Gasteiger partial charge in [-0.2, -0.15) is 0 Å². The van der Waals surface area contributed by atoms with E-state index in [0.717, 1.165) is 23.6 Å². The summed E-state index contributed by atoms with van der Waals surface area (Å²) in [6.45, 7) is 2.01. The van der Waals surface area contributed by atoms with Crippen molar-refractivity contribution in [2.75, 3.05) is 5.73 Å². The quantitative estimate of drug-likeness (QED) is 0.846. The molecule has 5 heteroatoms. The Balaban J connectivity index is 2.41. The standard InChI is InChI=1S/C15H14F3NO/c1-2-10-4-3-5-11(6-10)12-7-13(19)9-14(8-12)20-15(16,17)18/h3-9H,2,19H2,1H3. The Morgan fingerprint density at radius 2 is 1.80 bits per heavy atom. The summed E-state index contributed by atoms with van der Waals surface area (Å²) in [5.74, 6) is -0.311. The van der Waals surface area contributed by atoms with E-state index < -0.39 is 6.36 Å². The molecule has 0 fully saturated rings. The summed E-state index contributed by atoms with van der Waals surface area (Å²) >= 11 is 0. The third-order valence-electron chi connectivity index (χ3n) is 2.83. The van der Waals surface area contributed by atoms with Crippen molar-refractivity contribution in [3.63, 3.8) is 0 Å². The zero-order chi connectivity index (χ0) is 14.8. The summed E-state index contributed by atoms with van der Waals surface area (Å²) in [5, 5.41) is 0. The molecule has 2 N–H and O–H groups in total. The molecular weight excluding hydrogens is 267 g/mol. The van der Waals surface area contributed by atoms with Gasteiger partial charge in [-0.15, -0.1) is 13.2 Å². The summed E-state index contributed by atoms with van der Waals surface area (Å²) < 4.78 is 40.7. The Labute approximate surface area is 115 Å². The van der Waals surface area contributed by atoms with Crippen molar-refractivity contribution in [3.05, 3.63) is 48.0 Å². The van der Waals surface area contributed by atoms with E-state index in [1.54, 1.807) is 6.07 Å². The Bertz CT molecular complexity index is 608. The van der Waals surface area contributed by atoms with Gasteiger partial charge in [0.25, 0.3) is 0 Å². The predicted octanol–water partition coefficient (Wildman–Crippen LogP) is 4.40. The van der Waals surface area contributed by atoms with Gasteiger partial charge in [0, 0.05) is 11.8 Å². The van der Waals surface area contributed by atoms with Crippen LogP contribution in [0, 0.1) is 0 Å². The molecule has 0 radical (unpaired) electrons. The Hall–Kier alpha value is -2.17. The minimum Gasteiger partial charge on any atom is -0.406 e. The molecule has 2 aromatic carbocycles. The molecule has 0 atom stereocenters. The van der Waals surface area contributed by atoms with E-state index in [1.807, 2.05) is 31.2 Å². The first-order chi connectivity index (χ1) is 9.37. The molecule has 0 bridgehead atoms. The average molecular weight is 281 g/mol. The largest absolute Gasteiger partial charge is 0.573 e. The summed E-state index contributed by atoms with van der Waals surface area (Å²) in [5.41, 5.74) is 8.37. The highest BCUT2D eigenvalue weighted by Gasteiger charge is 2.31. The molecule has 106 valence electrons. The lowest BCUT2D eigenvalue weighted by Crippen LogP contribution is -2.17. The number of alkyl halides is 3. The first-order valence-electron chi connectivity index (χ1n) is 6.13. The number of ether oxygens (including phenoxy) is 1. The van der Waals surface area contributed by atoms with Gasteiger partial charge in [-0.1, -0.05) is 31.2 Å². The average Bonchev–Trinajstić information content (AvgIpc) is 2.36. The van der Waals surface area contributed by atoms with E-state index in [0.29, 0.717) is 5.56 Å². The maximum Gasteiger partial charge on any atom is 0.573 e. The van der Waals surface area contributed by atoms with Crippen LogP contribution >= 0.6 is 0 Å². The first-order valence-corrected chi connectivity index (χ1v) is 6.13. The van der Waals surface area contributed by atoms with Crippen molar-refractivity contribution in [2.24, 2.45) is 0 Å². The molecule has 20 heavy (non-hydrogen) atoms. The molecule has 2 rings (SSSR count). The van der Waals surface area contributed by atoms with Crippen LogP contribution < -0.4 is 10.5 Å². The van der Waals surface area contributed by atoms with Crippen LogP contribution in [-0.2, 0) is 6.42 Å². The molecule has 0 saturated carbocycles. The normalized spacial score (nSPS) is 11.4. The summed E-state index contributed by atoms with van der Waals surface area (Å²) in [6.07, 6.45) is -3.88. The molecule has 2 nitrogen and oxygen atoms in total. The number of anilines is 1. The van der Waals surface area contributed by atoms with Gasteiger partial charge in [-0.25, -0.2) is 0 Å². The number of aryl methyl sites for hydroxylation is 1. The maximum atomic E-state index is 12.3. The lowest BCUT2D eigenvalue weighted by molar-refractivity contribution is -0.274. The van der Waals surface area contributed by atoms with Gasteiger partial charge in [-0.05, 0) is 35.2 Å². The van der Waals surface area contributed by atoms with E-state index in [9.17, 15) is 13.2 Å². The Kier molecular flexibility index (Phi) is 3.88. The molecule has 0 aliphatic carbocycles. The van der Waals surface area contributed by atoms with Gasteiger partial charge in [0.2, 0.25) is 0 Å². The third kappa shape index (κ3) is 3.66. The van der Waals surface area contributed by atoms with Crippen LogP contribution in [0.2, 0.25) is 0 Å². The Morgan fingerprint density at radius 3 is 2.45 bits per heavy atom. The SMILES string of the molecule is CCc1cccc(-c2cc(N)cc(OC(F)(F)F)c2)c1. The highest BCUT2D eigenvalue weighted by molar-refractivity contribution is 5.70. The van der Waals surface area contributed by atoms with E-state index in [2.05, 4.69) is 4.74 Å². The molecule has 0 aliphatic heterocycles. The molecular formula is C15H14F3NO. The highest BCUT2D eigenvalue weighted by Crippen LogP contribution is 2.31. The third-order valence-corrected chi connectivity index (χ3v) is 2.83. The minimum atomic E-state index is -4.73. The van der Waals surface area contributed by atoms with Gasteiger partial charge in [-0.3, -0.25) is 0 Å². The lowest BCUT2D eigenvalue weighted by Gasteiger charge is -2.12. The van der Waals surface area contributed by atoms with E-state index in [-0.39, 0.29) is 11.4 Å². The zero-order valence-corrected chi connectivity index (χ0v) is 10.9. The minimum absolute atomic E-state index is 0.226. The summed E-state index contributed by atoms with van der Waals surface area (Å²) in [4.78, 5) is 0. The topological polar surface area (TPSA) is 35.2 Å². The van der Waals surface area contributed by atoms with Gasteiger partial charge < -0.3 is 10.5 Å². The van der Waals surface area contributed by atoms with Crippen LogP contribution in [0.5, 0.6) is 5.75 Å². The van der Waals surface area contributed by atoms with Crippen molar-refractivity contribution in [1.29, 1.82) is 0 Å². The number of benzene rings is 2. The number of hydrogen-bond acceptors (Lipinski definition) is 2. The van der Waals surface area contributed by atoms with Crippen LogP contribution in [0.1, 0.15) is 12.5 Å². The Morgan fingerprint density at radius 1 is 1.05 bits per heavy atom. The fraction of sp³-hybridized carbons (Fsp3) is 0.200. The second kappa shape index (κ2) is 5.45. The van der Waals surface area contributed by atoms with Crippen LogP contribution in [0.4, 0.5) is 18.9 Å². The van der Waals surface area contributed by atoms with Crippen LogP contribution in [0.15, 0.2) is 42.5 Å². The van der Waals surface area contributed by atoms with Crippen LogP contribution in [-0.4, -0.2) is 6.36 Å². The molecule has 0 saturated heterocycles. The summed E-state index contributed by atoms with van der Waals surface area (Å²) in [7, 11) is 0. The fourth-order valence-electron chi connectivity index (χ4n) is 1.95. The van der Waals surface area contributed by atoms with Crippen LogP contribution in [0.25, 0.3) is 11.1 Å². The van der Waals surface area contributed by atoms with Gasteiger partial charge in [0.15, 0.2) is 0 Å². The van der Waals surface area contributed by atoms with Gasteiger partial charge >= 0.3 is 6.36 Å². The molecule has 0 spiro atoms. The van der Waals surface area contributed by atoms with Crippen LogP contribution in [0.3, 0.4) is 0 Å². The number of halogens is 3. The van der Waals surface area contributed by atoms with Crippen molar-refractivity contribution in [1.82, 2.24) is 0 Å². The molecule has 0 aliphatic rings. The van der Waals surface area contributed by atoms with Crippen molar-refractivity contribution >= 4 is 5.69 Å². The second-order valence-electron chi connectivity index (χ2n) is 4.39. The smallest absolute Gasteiger partial charge is 0.406 e. The molecule has 2 aromatic rings. The maximum absolute atomic E-state index is 12.3.